The Morgan fingerprint density at radius 1 is 1.19 bits per heavy atom. The molecule has 0 bridgehead atoms. The summed E-state index contributed by atoms with van der Waals surface area (Å²) in [6.07, 6.45) is 5.33. The molecule has 1 aliphatic rings. The molecule has 0 aromatic heterocycles. The van der Waals surface area contributed by atoms with Crippen molar-refractivity contribution in [1.29, 1.82) is 0 Å². The molecule has 0 spiro atoms. The summed E-state index contributed by atoms with van der Waals surface area (Å²) in [7, 11) is 0. The molecule has 1 aliphatic heterocycles. The molecule has 5 heteroatoms. The van der Waals surface area contributed by atoms with E-state index in [0.29, 0.717) is 13.2 Å². The lowest BCUT2D eigenvalue weighted by Gasteiger charge is -2.28. The molecule has 0 unspecified atom stereocenters. The van der Waals surface area contributed by atoms with Gasteiger partial charge in [0.15, 0.2) is 0 Å². The van der Waals surface area contributed by atoms with Crippen molar-refractivity contribution < 1.29 is 14.3 Å². The third-order valence-electron chi connectivity index (χ3n) is 4.94. The Morgan fingerprint density at radius 2 is 1.88 bits per heavy atom. The first kappa shape index (κ1) is 20.7. The number of likely N-dealkylation sites (tertiary alicyclic amines) is 1. The van der Waals surface area contributed by atoms with Gasteiger partial charge in [0.2, 0.25) is 0 Å². The third-order valence-corrected chi connectivity index (χ3v) is 4.94. The maximum Gasteiger partial charge on any atom is 0.256 e. The number of nitrogens with one attached hydrogen (secondary N) is 1. The van der Waals surface area contributed by atoms with E-state index in [0.717, 1.165) is 37.2 Å². The first-order valence-electron chi connectivity index (χ1n) is 9.98. The maximum absolute atomic E-state index is 12.7. The van der Waals surface area contributed by atoms with E-state index in [1.165, 1.54) is 25.9 Å². The van der Waals surface area contributed by atoms with Crippen LogP contribution in [0.1, 0.15) is 52.9 Å². The first-order valence-corrected chi connectivity index (χ1v) is 9.98. The predicted octanol–water partition coefficient (Wildman–Crippen LogP) is 4.09. The smallest absolute Gasteiger partial charge is 0.256 e. The fraction of sp³-hybridized carbons (Fsp3) is 0.667. The fourth-order valence-corrected chi connectivity index (χ4v) is 3.28. The molecule has 1 atom stereocenters. The molecule has 1 heterocycles. The minimum Gasteiger partial charge on any atom is -0.492 e. The highest BCUT2D eigenvalue weighted by Crippen LogP contribution is 2.23. The lowest BCUT2D eigenvalue weighted by atomic mass is 9.97. The zero-order valence-corrected chi connectivity index (χ0v) is 16.6. The van der Waals surface area contributed by atoms with Crippen molar-refractivity contribution >= 4 is 11.6 Å². The van der Waals surface area contributed by atoms with Crippen LogP contribution in [0.3, 0.4) is 0 Å². The second-order valence-corrected chi connectivity index (χ2v) is 7.14. The van der Waals surface area contributed by atoms with Crippen molar-refractivity contribution in [3.05, 3.63) is 24.3 Å². The number of ether oxygens (including phenoxy) is 2. The molecule has 1 N–H and O–H groups in total. The van der Waals surface area contributed by atoms with Gasteiger partial charge in [0.05, 0.1) is 0 Å². The van der Waals surface area contributed by atoms with Gasteiger partial charge in [0.1, 0.15) is 18.0 Å². The summed E-state index contributed by atoms with van der Waals surface area (Å²) < 4.78 is 11.6. The van der Waals surface area contributed by atoms with Gasteiger partial charge in [0.25, 0.3) is 5.91 Å². The van der Waals surface area contributed by atoms with E-state index in [9.17, 15) is 4.79 Å². The average Bonchev–Trinajstić information content (AvgIpc) is 3.15. The third kappa shape index (κ3) is 6.29. The topological polar surface area (TPSA) is 50.8 Å². The molecule has 1 saturated heterocycles. The van der Waals surface area contributed by atoms with E-state index >= 15 is 0 Å². The van der Waals surface area contributed by atoms with Crippen molar-refractivity contribution in [3.63, 3.8) is 0 Å². The average molecular weight is 363 g/mol. The van der Waals surface area contributed by atoms with Gasteiger partial charge in [-0.3, -0.25) is 9.69 Å². The van der Waals surface area contributed by atoms with Gasteiger partial charge in [-0.25, -0.2) is 0 Å². The van der Waals surface area contributed by atoms with Crippen LogP contribution < -0.4 is 10.1 Å². The molecular formula is C21H34N2O3. The Kier molecular flexibility index (Phi) is 8.39. The summed E-state index contributed by atoms with van der Waals surface area (Å²) in [4.78, 5) is 15.1. The monoisotopic (exact) mass is 362 g/mol. The first-order chi connectivity index (χ1) is 12.6. The minimum atomic E-state index is -0.782. The van der Waals surface area contributed by atoms with Gasteiger partial charge in [-0.1, -0.05) is 19.8 Å². The normalized spacial score (nSPS) is 17.0. The number of rotatable bonds is 11. The van der Waals surface area contributed by atoms with Crippen molar-refractivity contribution in [2.24, 2.45) is 0 Å². The van der Waals surface area contributed by atoms with Crippen LogP contribution in [-0.2, 0) is 9.53 Å². The van der Waals surface area contributed by atoms with Gasteiger partial charge in [-0.2, -0.15) is 0 Å². The second-order valence-electron chi connectivity index (χ2n) is 7.14. The molecule has 0 radical (unpaired) electrons. The van der Waals surface area contributed by atoms with Crippen molar-refractivity contribution in [1.82, 2.24) is 4.90 Å². The van der Waals surface area contributed by atoms with Crippen molar-refractivity contribution in [2.45, 2.75) is 58.5 Å². The lowest BCUT2D eigenvalue weighted by molar-refractivity contribution is -0.139. The molecular weight excluding hydrogens is 328 g/mol. The fourth-order valence-electron chi connectivity index (χ4n) is 3.28. The summed E-state index contributed by atoms with van der Waals surface area (Å²) in [6, 6.07) is 7.58. The molecule has 0 aliphatic carbocycles. The molecule has 1 aromatic carbocycles. The molecule has 1 fully saturated rings. The molecule has 2 rings (SSSR count). The number of carbonyl (C=O) groups excluding carboxylic acids is 1. The van der Waals surface area contributed by atoms with Crippen molar-refractivity contribution in [3.8, 4) is 5.75 Å². The molecule has 5 nitrogen and oxygen atoms in total. The molecule has 0 saturated carbocycles. The standard InChI is InChI=1S/C21H34N2O3/c1-4-6-13-21(3,26-5-2)20(24)22-18-9-11-19(12-10-18)25-17-16-23-14-7-8-15-23/h9-12H,4-8,13-17H2,1-3H3,(H,22,24)/t21-/m0/s1. The highest BCUT2D eigenvalue weighted by molar-refractivity contribution is 5.97. The number of hydrogen-bond acceptors (Lipinski definition) is 4. The van der Waals surface area contributed by atoms with Gasteiger partial charge in [-0.15, -0.1) is 0 Å². The van der Waals surface area contributed by atoms with Crippen LogP contribution >= 0.6 is 0 Å². The van der Waals surface area contributed by atoms with Crippen LogP contribution in [0.4, 0.5) is 5.69 Å². The summed E-state index contributed by atoms with van der Waals surface area (Å²) in [5.41, 5.74) is -0.0142. The number of amides is 1. The second kappa shape index (κ2) is 10.5. The van der Waals surface area contributed by atoms with Crippen LogP contribution in [-0.4, -0.2) is 49.3 Å². The Morgan fingerprint density at radius 3 is 2.50 bits per heavy atom. The van der Waals surface area contributed by atoms with Gasteiger partial charge >= 0.3 is 0 Å². The lowest BCUT2D eigenvalue weighted by Crippen LogP contribution is -2.42. The summed E-state index contributed by atoms with van der Waals surface area (Å²) >= 11 is 0. The molecule has 1 aromatic rings. The van der Waals surface area contributed by atoms with Crippen LogP contribution in [0.25, 0.3) is 0 Å². The zero-order chi connectivity index (χ0) is 18.8. The van der Waals surface area contributed by atoms with E-state index in [1.54, 1.807) is 0 Å². The van der Waals surface area contributed by atoms with Crippen molar-refractivity contribution in [2.75, 3.05) is 38.2 Å². The number of hydrogen-bond donors (Lipinski definition) is 1. The zero-order valence-electron chi connectivity index (χ0n) is 16.6. The number of nitrogens with zero attached hydrogens (tertiary/aromatic N) is 1. The summed E-state index contributed by atoms with van der Waals surface area (Å²) in [5, 5.41) is 2.98. The van der Waals surface area contributed by atoms with Gasteiger partial charge < -0.3 is 14.8 Å². The minimum absolute atomic E-state index is 0.0875. The predicted molar refractivity (Wildman–Crippen MR) is 106 cm³/mol. The van der Waals surface area contributed by atoms with E-state index < -0.39 is 5.60 Å². The molecule has 146 valence electrons. The van der Waals surface area contributed by atoms with E-state index in [2.05, 4.69) is 17.1 Å². The SMILES string of the molecule is CCCC[C@](C)(OCC)C(=O)Nc1ccc(OCCN2CCCC2)cc1. The highest BCUT2D eigenvalue weighted by Gasteiger charge is 2.33. The van der Waals surface area contributed by atoms with E-state index in [4.69, 9.17) is 9.47 Å². The van der Waals surface area contributed by atoms with E-state index in [-0.39, 0.29) is 5.91 Å². The maximum atomic E-state index is 12.7. The molecule has 26 heavy (non-hydrogen) atoms. The van der Waals surface area contributed by atoms with Crippen LogP contribution in [0.2, 0.25) is 0 Å². The van der Waals surface area contributed by atoms with Crippen LogP contribution in [0, 0.1) is 0 Å². The Hall–Kier alpha value is -1.59. The van der Waals surface area contributed by atoms with Gasteiger partial charge in [-0.05, 0) is 70.5 Å². The Balaban J connectivity index is 1.83. The number of benzene rings is 1. The number of unbranched alkanes of at least 4 members (excludes halogenated alkanes) is 1. The van der Waals surface area contributed by atoms with Gasteiger partial charge in [0, 0.05) is 18.8 Å². The highest BCUT2D eigenvalue weighted by atomic mass is 16.5. The van der Waals surface area contributed by atoms with Crippen LogP contribution in [0.5, 0.6) is 5.75 Å². The van der Waals surface area contributed by atoms with Crippen LogP contribution in [0.15, 0.2) is 24.3 Å². The summed E-state index contributed by atoms with van der Waals surface area (Å²) in [5.74, 6) is 0.747. The quantitative estimate of drug-likeness (QED) is 0.644. The largest absolute Gasteiger partial charge is 0.492 e. The molecule has 1 amide bonds. The van der Waals surface area contributed by atoms with E-state index in [1.807, 2.05) is 38.1 Å². The Labute approximate surface area is 158 Å². The Bertz CT molecular complexity index is 541. The number of carbonyl (C=O) groups is 1. The number of anilines is 1. The summed E-state index contributed by atoms with van der Waals surface area (Å²) in [6.45, 7) is 10.5.